The van der Waals surface area contributed by atoms with Gasteiger partial charge < -0.3 is 9.09 Å². The van der Waals surface area contributed by atoms with Crippen LogP contribution in [0.4, 0.5) is 0 Å². The second-order valence-electron chi connectivity index (χ2n) is 4.83. The van der Waals surface area contributed by atoms with Crippen molar-refractivity contribution < 1.29 is 22.7 Å². The van der Waals surface area contributed by atoms with E-state index in [0.29, 0.717) is 17.6 Å². The molecule has 0 unspecified atom stereocenters. The molecular weight excluding hydrogens is 334 g/mol. The average Bonchev–Trinajstić information content (AvgIpc) is 2.54. The third-order valence-corrected chi connectivity index (χ3v) is 8.30. The van der Waals surface area contributed by atoms with Gasteiger partial charge in [-0.15, -0.1) is 0 Å². The average molecular weight is 360 g/mol. The van der Waals surface area contributed by atoms with Gasteiger partial charge in [0.2, 0.25) is 0 Å². The first kappa shape index (κ1) is 20.2. The first-order chi connectivity index (χ1) is 10.9. The fourth-order valence-corrected chi connectivity index (χ4v) is 5.47. The number of phosphoric acid groups is 1. The molecule has 0 amide bonds. The molecule has 0 saturated carbocycles. The highest BCUT2D eigenvalue weighted by molar-refractivity contribution is 7.71. The summed E-state index contributed by atoms with van der Waals surface area (Å²) >= 11 is 0. The van der Waals surface area contributed by atoms with Crippen LogP contribution < -0.4 is 9.83 Å². The summed E-state index contributed by atoms with van der Waals surface area (Å²) in [6.45, 7) is 11.3. The molecule has 0 spiro atoms. The second kappa shape index (κ2) is 8.84. The summed E-state index contributed by atoms with van der Waals surface area (Å²) in [6, 6.07) is 5.19. The van der Waals surface area contributed by atoms with Crippen molar-refractivity contribution in [2.75, 3.05) is 25.5 Å². The lowest BCUT2D eigenvalue weighted by atomic mass is 10.2. The van der Waals surface area contributed by atoms with Gasteiger partial charge in [-0.25, -0.2) is 4.57 Å². The maximum Gasteiger partial charge on any atom is 0.530 e. The van der Waals surface area contributed by atoms with Crippen LogP contribution in [-0.4, -0.2) is 25.5 Å². The Bertz CT molecular complexity index is 609. The van der Waals surface area contributed by atoms with Gasteiger partial charge in [-0.2, -0.15) is 0 Å². The van der Waals surface area contributed by atoms with Crippen LogP contribution in [0.3, 0.4) is 0 Å². The summed E-state index contributed by atoms with van der Waals surface area (Å²) < 4.78 is 41.7. The van der Waals surface area contributed by atoms with Gasteiger partial charge in [0, 0.05) is 12.3 Å². The molecule has 0 fully saturated rings. The molecule has 1 aromatic carbocycles. The fourth-order valence-electron chi connectivity index (χ4n) is 2.15. The summed E-state index contributed by atoms with van der Waals surface area (Å²) in [7, 11) is -6.37. The van der Waals surface area contributed by atoms with Gasteiger partial charge in [0.1, 0.15) is 12.9 Å². The SMILES string of the molecule is C=Cc1ccc(OP(=O)(OCC)OCC)c(P(=O)(CC)CC)c1. The van der Waals surface area contributed by atoms with Gasteiger partial charge in [-0.1, -0.05) is 32.6 Å². The molecule has 1 aromatic rings. The quantitative estimate of drug-likeness (QED) is 0.554. The standard InChI is InChI=1S/C16H26O5P2/c1-6-14-11-12-15(16(13-14)22(17,9-4)10-5)21-23(18,19-7-2)20-8-3/h6,11-13H,1,7-10H2,2-5H3. The van der Waals surface area contributed by atoms with Crippen LogP contribution in [0.1, 0.15) is 33.3 Å². The van der Waals surface area contributed by atoms with Crippen LogP contribution in [0.15, 0.2) is 24.8 Å². The van der Waals surface area contributed by atoms with Crippen molar-refractivity contribution in [1.29, 1.82) is 0 Å². The van der Waals surface area contributed by atoms with Crippen LogP contribution in [0, 0.1) is 0 Å². The summed E-state index contributed by atoms with van der Waals surface area (Å²) in [6.07, 6.45) is 2.66. The minimum atomic E-state index is -3.73. The molecule has 0 bridgehead atoms. The van der Waals surface area contributed by atoms with E-state index in [0.717, 1.165) is 5.56 Å². The van der Waals surface area contributed by atoms with Crippen molar-refractivity contribution in [3.63, 3.8) is 0 Å². The normalized spacial score (nSPS) is 12.2. The van der Waals surface area contributed by atoms with Crippen molar-refractivity contribution in [3.8, 4) is 5.75 Å². The number of phosphoric ester groups is 1. The van der Waals surface area contributed by atoms with Gasteiger partial charge in [-0.3, -0.25) is 9.05 Å². The molecule has 0 heterocycles. The molecule has 0 N–H and O–H groups in total. The van der Waals surface area contributed by atoms with Crippen molar-refractivity contribution in [2.24, 2.45) is 0 Å². The highest BCUT2D eigenvalue weighted by atomic mass is 31.2. The fraction of sp³-hybridized carbons (Fsp3) is 0.500. The molecule has 5 nitrogen and oxygen atoms in total. The number of hydrogen-bond donors (Lipinski definition) is 0. The van der Waals surface area contributed by atoms with Crippen molar-refractivity contribution in [1.82, 2.24) is 0 Å². The number of benzene rings is 1. The highest BCUT2D eigenvalue weighted by Gasteiger charge is 2.32. The topological polar surface area (TPSA) is 61.8 Å². The molecule has 130 valence electrons. The first-order valence-corrected chi connectivity index (χ1v) is 11.4. The van der Waals surface area contributed by atoms with Crippen LogP contribution in [0.2, 0.25) is 0 Å². The Morgan fingerprint density at radius 2 is 1.61 bits per heavy atom. The summed E-state index contributed by atoms with van der Waals surface area (Å²) in [5, 5.41) is 0.555. The van der Waals surface area contributed by atoms with E-state index in [-0.39, 0.29) is 19.0 Å². The third kappa shape index (κ3) is 5.06. The number of rotatable bonds is 10. The Hall–Kier alpha value is -0.860. The van der Waals surface area contributed by atoms with Crippen molar-refractivity contribution in [3.05, 3.63) is 30.3 Å². The monoisotopic (exact) mass is 360 g/mol. The second-order valence-corrected chi connectivity index (χ2v) is 9.95. The molecule has 23 heavy (non-hydrogen) atoms. The molecule has 0 aliphatic carbocycles. The van der Waals surface area contributed by atoms with Gasteiger partial charge in [0.25, 0.3) is 0 Å². The van der Waals surface area contributed by atoms with E-state index >= 15 is 0 Å². The smallest absolute Gasteiger partial charge is 0.403 e. The van der Waals surface area contributed by atoms with Gasteiger partial charge in [-0.05, 0) is 31.5 Å². The lowest BCUT2D eigenvalue weighted by molar-refractivity contribution is 0.168. The lowest BCUT2D eigenvalue weighted by Gasteiger charge is -2.22. The predicted octanol–water partition coefficient (Wildman–Crippen LogP) is 4.92. The molecule has 0 atom stereocenters. The largest absolute Gasteiger partial charge is 0.530 e. The van der Waals surface area contributed by atoms with E-state index in [1.54, 1.807) is 38.1 Å². The zero-order chi connectivity index (χ0) is 17.5. The van der Waals surface area contributed by atoms with Crippen LogP contribution in [0.5, 0.6) is 5.75 Å². The summed E-state index contributed by atoms with van der Waals surface area (Å²) in [5.41, 5.74) is 0.831. The van der Waals surface area contributed by atoms with Crippen molar-refractivity contribution in [2.45, 2.75) is 27.7 Å². The third-order valence-electron chi connectivity index (χ3n) is 3.46. The maximum atomic E-state index is 13.2. The Morgan fingerprint density at radius 3 is 2.04 bits per heavy atom. The predicted molar refractivity (Wildman–Crippen MR) is 96.3 cm³/mol. The minimum Gasteiger partial charge on any atom is -0.403 e. The lowest BCUT2D eigenvalue weighted by Crippen LogP contribution is -2.14. The maximum absolute atomic E-state index is 13.2. The minimum absolute atomic E-state index is 0.191. The van der Waals surface area contributed by atoms with Gasteiger partial charge in [0.15, 0.2) is 0 Å². The van der Waals surface area contributed by atoms with E-state index in [1.807, 2.05) is 13.8 Å². The zero-order valence-corrected chi connectivity index (χ0v) is 16.1. The zero-order valence-electron chi connectivity index (χ0n) is 14.3. The van der Waals surface area contributed by atoms with Crippen LogP contribution in [-0.2, 0) is 18.2 Å². The summed E-state index contributed by atoms with van der Waals surface area (Å²) in [4.78, 5) is 0. The van der Waals surface area contributed by atoms with E-state index in [9.17, 15) is 9.13 Å². The molecule has 1 rings (SSSR count). The van der Waals surface area contributed by atoms with Crippen LogP contribution >= 0.6 is 15.0 Å². The molecule has 0 aliphatic rings. The molecular formula is C16H26O5P2. The van der Waals surface area contributed by atoms with E-state index in [2.05, 4.69) is 6.58 Å². The Kier molecular flexibility index (Phi) is 7.76. The Labute approximate surface area is 139 Å². The molecule has 0 radical (unpaired) electrons. The van der Waals surface area contributed by atoms with Gasteiger partial charge >= 0.3 is 7.82 Å². The molecule has 0 aromatic heterocycles. The van der Waals surface area contributed by atoms with Crippen molar-refractivity contribution >= 4 is 26.3 Å². The number of hydrogen-bond acceptors (Lipinski definition) is 5. The highest BCUT2D eigenvalue weighted by Crippen LogP contribution is 2.53. The molecule has 0 aliphatic heterocycles. The van der Waals surface area contributed by atoms with Gasteiger partial charge in [0.05, 0.1) is 18.5 Å². The molecule has 0 saturated heterocycles. The summed E-state index contributed by atoms with van der Waals surface area (Å²) in [5.74, 6) is 0.285. The van der Waals surface area contributed by atoms with Crippen LogP contribution in [0.25, 0.3) is 6.08 Å². The van der Waals surface area contributed by atoms with E-state index in [4.69, 9.17) is 13.6 Å². The van der Waals surface area contributed by atoms with E-state index in [1.165, 1.54) is 0 Å². The first-order valence-electron chi connectivity index (χ1n) is 7.81. The Morgan fingerprint density at radius 1 is 1.04 bits per heavy atom. The van der Waals surface area contributed by atoms with E-state index < -0.39 is 15.0 Å². The Balaban J connectivity index is 3.38. The molecule has 7 heteroatoms.